The number of amides is 1. The van der Waals surface area contributed by atoms with Crippen LogP contribution in [-0.4, -0.2) is 60.4 Å². The highest BCUT2D eigenvalue weighted by molar-refractivity contribution is 5.81. The minimum atomic E-state index is -2.32. The molecule has 0 saturated carbocycles. The van der Waals surface area contributed by atoms with Crippen LogP contribution in [0.15, 0.2) is 0 Å². The average molecular weight is 277 g/mol. The maximum Gasteiger partial charge on any atom is 0.251 e. The maximum atomic E-state index is 12.5. The Labute approximate surface area is 113 Å². The number of hydrogen-bond acceptors (Lipinski definition) is 3. The highest BCUT2D eigenvalue weighted by Crippen LogP contribution is 2.15. The van der Waals surface area contributed by atoms with E-state index in [2.05, 4.69) is 0 Å². The van der Waals surface area contributed by atoms with E-state index in [1.165, 1.54) is 0 Å². The molecular weight excluding hydrogens is 252 g/mol. The summed E-state index contributed by atoms with van der Waals surface area (Å²) in [5, 5.41) is 0. The van der Waals surface area contributed by atoms with Crippen molar-refractivity contribution in [3.63, 3.8) is 0 Å². The van der Waals surface area contributed by atoms with Gasteiger partial charge in [0.05, 0.1) is 12.6 Å². The van der Waals surface area contributed by atoms with Gasteiger partial charge in [0, 0.05) is 25.7 Å². The number of carbonyl (C=O) groups is 1. The van der Waals surface area contributed by atoms with E-state index in [0.29, 0.717) is 26.1 Å². The van der Waals surface area contributed by atoms with Gasteiger partial charge in [0.15, 0.2) is 0 Å². The van der Waals surface area contributed by atoms with Crippen LogP contribution in [0.25, 0.3) is 0 Å². The highest BCUT2D eigenvalue weighted by atomic mass is 19.3. The summed E-state index contributed by atoms with van der Waals surface area (Å²) in [6, 6.07) is -0.440. The molecule has 6 heteroatoms. The average Bonchev–Trinajstić information content (AvgIpc) is 2.38. The normalized spacial score (nSPS) is 22.8. The quantitative estimate of drug-likeness (QED) is 0.796. The lowest BCUT2D eigenvalue weighted by molar-refractivity contribution is -0.136. The second-order valence-corrected chi connectivity index (χ2v) is 5.13. The third-order valence-electron chi connectivity index (χ3n) is 3.68. The molecule has 4 nitrogen and oxygen atoms in total. The van der Waals surface area contributed by atoms with E-state index in [1.54, 1.807) is 9.80 Å². The molecule has 1 saturated heterocycles. The number of halogens is 2. The minimum Gasteiger partial charge on any atom is -0.338 e. The molecule has 1 amide bonds. The van der Waals surface area contributed by atoms with Crippen molar-refractivity contribution in [3.8, 4) is 0 Å². The monoisotopic (exact) mass is 277 g/mol. The number of carbonyl (C=O) groups excluding carboxylic acids is 1. The smallest absolute Gasteiger partial charge is 0.251 e. The van der Waals surface area contributed by atoms with E-state index in [-0.39, 0.29) is 18.5 Å². The van der Waals surface area contributed by atoms with Crippen molar-refractivity contribution in [3.05, 3.63) is 0 Å². The molecule has 0 spiro atoms. The molecule has 19 heavy (non-hydrogen) atoms. The first kappa shape index (κ1) is 16.3. The van der Waals surface area contributed by atoms with Gasteiger partial charge in [-0.3, -0.25) is 9.69 Å². The Bertz CT molecular complexity index is 289. The number of rotatable bonds is 6. The van der Waals surface area contributed by atoms with Crippen molar-refractivity contribution in [2.24, 2.45) is 5.73 Å². The zero-order valence-corrected chi connectivity index (χ0v) is 11.8. The van der Waals surface area contributed by atoms with Crippen LogP contribution >= 0.6 is 0 Å². The van der Waals surface area contributed by atoms with Gasteiger partial charge in [-0.2, -0.15) is 0 Å². The second-order valence-electron chi connectivity index (χ2n) is 5.13. The Morgan fingerprint density at radius 1 is 1.37 bits per heavy atom. The molecule has 2 N–H and O–H groups in total. The third kappa shape index (κ3) is 4.69. The summed E-state index contributed by atoms with van der Waals surface area (Å²) in [4.78, 5) is 15.6. The predicted molar refractivity (Wildman–Crippen MR) is 71.1 cm³/mol. The fraction of sp³-hybridized carbons (Fsp3) is 0.923. The molecule has 2 unspecified atom stereocenters. The highest BCUT2D eigenvalue weighted by Gasteiger charge is 2.31. The summed E-state index contributed by atoms with van der Waals surface area (Å²) in [6.07, 6.45) is -0.0133. The molecule has 0 aliphatic carbocycles. The number of alkyl halides is 2. The van der Waals surface area contributed by atoms with Crippen LogP contribution < -0.4 is 5.73 Å². The van der Waals surface area contributed by atoms with Crippen molar-refractivity contribution in [1.82, 2.24) is 9.80 Å². The van der Waals surface area contributed by atoms with Crippen molar-refractivity contribution in [2.75, 3.05) is 26.2 Å². The molecule has 1 rings (SSSR count). The SMILES string of the molecule is CCCC(N)C(=O)N1CCN(CC(F)F)C(CC)C1. The van der Waals surface area contributed by atoms with E-state index in [0.717, 1.165) is 12.8 Å². The maximum absolute atomic E-state index is 12.5. The van der Waals surface area contributed by atoms with E-state index in [1.807, 2.05) is 13.8 Å². The van der Waals surface area contributed by atoms with E-state index in [9.17, 15) is 13.6 Å². The van der Waals surface area contributed by atoms with Crippen molar-refractivity contribution >= 4 is 5.91 Å². The van der Waals surface area contributed by atoms with Gasteiger partial charge in [-0.25, -0.2) is 8.78 Å². The van der Waals surface area contributed by atoms with Crippen molar-refractivity contribution in [1.29, 1.82) is 0 Å². The van der Waals surface area contributed by atoms with Crippen LogP contribution in [0.2, 0.25) is 0 Å². The van der Waals surface area contributed by atoms with Gasteiger partial charge in [-0.1, -0.05) is 20.3 Å². The fourth-order valence-corrected chi connectivity index (χ4v) is 2.57. The molecule has 1 aliphatic rings. The van der Waals surface area contributed by atoms with E-state index < -0.39 is 12.5 Å². The summed E-state index contributed by atoms with van der Waals surface area (Å²) in [7, 11) is 0. The van der Waals surface area contributed by atoms with Gasteiger partial charge < -0.3 is 10.6 Å². The largest absolute Gasteiger partial charge is 0.338 e. The zero-order chi connectivity index (χ0) is 14.4. The van der Waals surface area contributed by atoms with Gasteiger partial charge in [-0.05, 0) is 12.8 Å². The number of nitrogens with zero attached hydrogens (tertiary/aromatic N) is 2. The molecule has 1 aliphatic heterocycles. The van der Waals surface area contributed by atoms with Gasteiger partial charge in [0.1, 0.15) is 0 Å². The Hall–Kier alpha value is -0.750. The predicted octanol–water partition coefficient (Wildman–Crippen LogP) is 1.30. The van der Waals surface area contributed by atoms with Crippen molar-refractivity contribution < 1.29 is 13.6 Å². The molecule has 0 aromatic carbocycles. The van der Waals surface area contributed by atoms with Crippen LogP contribution in [0.5, 0.6) is 0 Å². The molecule has 2 atom stereocenters. The Morgan fingerprint density at radius 2 is 2.05 bits per heavy atom. The molecule has 0 bridgehead atoms. The molecular formula is C13H25F2N3O. The fourth-order valence-electron chi connectivity index (χ4n) is 2.57. The lowest BCUT2D eigenvalue weighted by Crippen LogP contribution is -2.58. The summed E-state index contributed by atoms with van der Waals surface area (Å²) >= 11 is 0. The second kappa shape index (κ2) is 7.75. The molecule has 0 radical (unpaired) electrons. The summed E-state index contributed by atoms with van der Waals surface area (Å²) < 4.78 is 24.9. The standard InChI is InChI=1S/C13H25F2N3O/c1-3-5-11(16)13(19)18-7-6-17(9-12(14)15)10(4-2)8-18/h10-12H,3-9,16H2,1-2H3. The molecule has 0 aromatic rings. The first-order valence-electron chi connectivity index (χ1n) is 7.06. The first-order chi connectivity index (χ1) is 8.99. The molecule has 1 fully saturated rings. The first-order valence-corrected chi connectivity index (χ1v) is 7.06. The third-order valence-corrected chi connectivity index (χ3v) is 3.68. The summed E-state index contributed by atoms with van der Waals surface area (Å²) in [6.45, 7) is 5.26. The van der Waals surface area contributed by atoms with Crippen molar-refractivity contribution in [2.45, 2.75) is 51.6 Å². The summed E-state index contributed by atoms with van der Waals surface area (Å²) in [5.41, 5.74) is 5.84. The zero-order valence-electron chi connectivity index (χ0n) is 11.8. The van der Waals surface area contributed by atoms with Crippen LogP contribution in [-0.2, 0) is 4.79 Å². The Balaban J connectivity index is 2.56. The van der Waals surface area contributed by atoms with Gasteiger partial charge in [0.2, 0.25) is 5.91 Å². The number of hydrogen-bond donors (Lipinski definition) is 1. The lowest BCUT2D eigenvalue weighted by Gasteiger charge is -2.41. The number of piperazine rings is 1. The summed E-state index contributed by atoms with van der Waals surface area (Å²) in [5.74, 6) is -0.0444. The van der Waals surface area contributed by atoms with Gasteiger partial charge in [-0.15, -0.1) is 0 Å². The van der Waals surface area contributed by atoms with Gasteiger partial charge >= 0.3 is 0 Å². The minimum absolute atomic E-state index is 0.0144. The van der Waals surface area contributed by atoms with Gasteiger partial charge in [0.25, 0.3) is 6.43 Å². The molecule has 1 heterocycles. The topological polar surface area (TPSA) is 49.6 Å². The Morgan fingerprint density at radius 3 is 2.58 bits per heavy atom. The molecule has 112 valence electrons. The van der Waals surface area contributed by atoms with Crippen LogP contribution in [0, 0.1) is 0 Å². The van der Waals surface area contributed by atoms with Crippen LogP contribution in [0.1, 0.15) is 33.1 Å². The Kier molecular flexibility index (Phi) is 6.65. The van der Waals surface area contributed by atoms with E-state index in [4.69, 9.17) is 5.73 Å². The number of nitrogens with two attached hydrogens (primary N) is 1. The van der Waals surface area contributed by atoms with Crippen LogP contribution in [0.4, 0.5) is 8.78 Å². The molecule has 0 aromatic heterocycles. The lowest BCUT2D eigenvalue weighted by atomic mass is 10.1. The van der Waals surface area contributed by atoms with E-state index >= 15 is 0 Å². The van der Waals surface area contributed by atoms with Crippen LogP contribution in [0.3, 0.4) is 0 Å².